The van der Waals surface area contributed by atoms with Crippen molar-refractivity contribution in [1.82, 2.24) is 9.62 Å². The van der Waals surface area contributed by atoms with E-state index in [1.54, 1.807) is 18.2 Å². The number of aldehydes is 1. The number of nitrogens with zero attached hydrogens (tertiary/aromatic N) is 1. The van der Waals surface area contributed by atoms with E-state index >= 15 is 0 Å². The number of benzene rings is 1. The highest BCUT2D eigenvalue weighted by Crippen LogP contribution is 2.24. The van der Waals surface area contributed by atoms with E-state index in [2.05, 4.69) is 5.32 Å². The first-order valence-electron chi connectivity index (χ1n) is 10.2. The zero-order chi connectivity index (χ0) is 21.5. The van der Waals surface area contributed by atoms with Gasteiger partial charge in [-0.15, -0.1) is 0 Å². The van der Waals surface area contributed by atoms with Crippen LogP contribution in [0.5, 0.6) is 0 Å². The molecule has 0 radical (unpaired) electrons. The Bertz CT molecular complexity index is 799. The van der Waals surface area contributed by atoms with E-state index < -0.39 is 21.5 Å². The molecule has 0 saturated carbocycles. The van der Waals surface area contributed by atoms with Gasteiger partial charge >= 0.3 is 6.09 Å². The number of ether oxygens (including phenoxy) is 1. The molecule has 1 heterocycles. The Morgan fingerprint density at radius 2 is 2.00 bits per heavy atom. The van der Waals surface area contributed by atoms with Gasteiger partial charge in [-0.2, -0.15) is 4.31 Å². The monoisotopic (exact) mass is 424 g/mol. The third-order valence-corrected chi connectivity index (χ3v) is 6.92. The molecule has 1 aromatic carbocycles. The van der Waals surface area contributed by atoms with Crippen LogP contribution in [-0.4, -0.2) is 50.8 Å². The number of piperidine rings is 1. The summed E-state index contributed by atoms with van der Waals surface area (Å²) in [6.45, 7) is 6.75. The van der Waals surface area contributed by atoms with Gasteiger partial charge in [-0.1, -0.05) is 39.3 Å². The van der Waals surface area contributed by atoms with Gasteiger partial charge in [0.05, 0.1) is 11.5 Å². The smallest absolute Gasteiger partial charge is 0.407 e. The van der Waals surface area contributed by atoms with Gasteiger partial charge in [0.2, 0.25) is 10.0 Å². The maximum absolute atomic E-state index is 13.0. The Labute approximate surface area is 173 Å². The van der Waals surface area contributed by atoms with Crippen molar-refractivity contribution < 1.29 is 22.7 Å². The van der Waals surface area contributed by atoms with Crippen LogP contribution in [0.3, 0.4) is 0 Å². The second kappa shape index (κ2) is 10.2. The van der Waals surface area contributed by atoms with E-state index in [-0.39, 0.29) is 10.9 Å². The van der Waals surface area contributed by atoms with Crippen molar-refractivity contribution in [3.8, 4) is 0 Å². The zero-order valence-electron chi connectivity index (χ0n) is 17.5. The molecule has 162 valence electrons. The van der Waals surface area contributed by atoms with Crippen molar-refractivity contribution in [3.63, 3.8) is 0 Å². The van der Waals surface area contributed by atoms with Crippen LogP contribution in [0.1, 0.15) is 52.0 Å². The number of hydrogen-bond acceptors (Lipinski definition) is 5. The molecule has 0 bridgehead atoms. The summed E-state index contributed by atoms with van der Waals surface area (Å²) in [6, 6.07) is 6.70. The highest BCUT2D eigenvalue weighted by Gasteiger charge is 2.30. The molecule has 29 heavy (non-hydrogen) atoms. The summed E-state index contributed by atoms with van der Waals surface area (Å²) in [4.78, 5) is 23.2. The molecule has 1 aliphatic heterocycles. The topological polar surface area (TPSA) is 92.8 Å². The summed E-state index contributed by atoms with van der Waals surface area (Å²) in [5, 5.41) is 2.82. The predicted octanol–water partition coefficient (Wildman–Crippen LogP) is 3.13. The third-order valence-electron chi connectivity index (χ3n) is 5.02. The number of nitrogens with one attached hydrogen (secondary N) is 1. The quantitative estimate of drug-likeness (QED) is 0.486. The van der Waals surface area contributed by atoms with Gasteiger partial charge < -0.3 is 14.8 Å². The Balaban J connectivity index is 1.96. The summed E-state index contributed by atoms with van der Waals surface area (Å²) in [6.07, 6.45) is 3.79. The second-order valence-corrected chi connectivity index (χ2v) is 10.2. The first kappa shape index (κ1) is 23.3. The minimum absolute atomic E-state index is 0.0877. The van der Waals surface area contributed by atoms with E-state index in [0.717, 1.165) is 24.7 Å². The van der Waals surface area contributed by atoms with Crippen molar-refractivity contribution in [2.24, 2.45) is 5.41 Å². The molecule has 8 heteroatoms. The number of amides is 1. The summed E-state index contributed by atoms with van der Waals surface area (Å²) < 4.78 is 32.6. The van der Waals surface area contributed by atoms with E-state index in [9.17, 15) is 18.0 Å². The van der Waals surface area contributed by atoms with Gasteiger partial charge in [0.25, 0.3) is 0 Å². The lowest BCUT2D eigenvalue weighted by Gasteiger charge is -2.31. The van der Waals surface area contributed by atoms with Crippen LogP contribution in [0, 0.1) is 5.41 Å². The third kappa shape index (κ3) is 6.82. The fraction of sp³-hybridized carbons (Fsp3) is 0.619. The predicted molar refractivity (Wildman–Crippen MR) is 111 cm³/mol. The summed E-state index contributed by atoms with van der Waals surface area (Å²) in [5.74, 6) is 0. The molecule has 0 aliphatic carbocycles. The first-order valence-corrected chi connectivity index (χ1v) is 11.6. The molecule has 0 aromatic heterocycles. The normalized spacial score (nSPS) is 16.4. The molecule has 1 saturated heterocycles. The zero-order valence-corrected chi connectivity index (χ0v) is 18.3. The van der Waals surface area contributed by atoms with Crippen molar-refractivity contribution in [2.45, 2.75) is 63.8 Å². The number of rotatable bonds is 9. The molecule has 1 amide bonds. The van der Waals surface area contributed by atoms with Crippen LogP contribution >= 0.6 is 0 Å². The minimum atomic E-state index is -3.62. The van der Waals surface area contributed by atoms with Gasteiger partial charge in [0, 0.05) is 24.5 Å². The number of carbonyl (C=O) groups excluding carboxylic acids is 2. The molecule has 7 nitrogen and oxygen atoms in total. The maximum Gasteiger partial charge on any atom is 0.407 e. The van der Waals surface area contributed by atoms with Crippen molar-refractivity contribution >= 4 is 22.4 Å². The average Bonchev–Trinajstić information content (AvgIpc) is 2.68. The number of unbranched alkanes of at least 4 members (excludes halogenated alkanes) is 1. The van der Waals surface area contributed by atoms with E-state index in [1.807, 2.05) is 26.8 Å². The van der Waals surface area contributed by atoms with Crippen LogP contribution in [0.2, 0.25) is 0 Å². The molecular formula is C21H32N2O5S. The standard InChI is InChI=1S/C21H32N2O5S/c1-4-5-13-28-20(25)22-18-9-11-23(12-10-18)29(26,27)19-8-6-7-17(14-19)15-21(2,3)16-24/h6-8,14,16,18H,4-5,9-13,15H2,1-3H3,(H,22,25). The fourth-order valence-corrected chi connectivity index (χ4v) is 4.83. The highest BCUT2D eigenvalue weighted by atomic mass is 32.2. The molecule has 2 rings (SSSR count). The van der Waals surface area contributed by atoms with Crippen molar-refractivity contribution in [1.29, 1.82) is 0 Å². The molecule has 1 aliphatic rings. The largest absolute Gasteiger partial charge is 0.450 e. The number of hydrogen-bond donors (Lipinski definition) is 1. The SMILES string of the molecule is CCCCOC(=O)NC1CCN(S(=O)(=O)c2cccc(CC(C)(C)C=O)c2)CC1. The summed E-state index contributed by atoms with van der Waals surface area (Å²) >= 11 is 0. The Kier molecular flexibility index (Phi) is 8.22. The van der Waals surface area contributed by atoms with Crippen LogP contribution in [0.15, 0.2) is 29.2 Å². The maximum atomic E-state index is 13.0. The number of carbonyl (C=O) groups is 2. The average molecular weight is 425 g/mol. The summed E-state index contributed by atoms with van der Waals surface area (Å²) in [5.41, 5.74) is 0.271. The van der Waals surface area contributed by atoms with Crippen molar-refractivity contribution in [2.75, 3.05) is 19.7 Å². The van der Waals surface area contributed by atoms with Crippen molar-refractivity contribution in [3.05, 3.63) is 29.8 Å². The van der Waals surface area contributed by atoms with E-state index in [1.165, 1.54) is 4.31 Å². The molecule has 1 aromatic rings. The van der Waals surface area contributed by atoms with Crippen LogP contribution in [-0.2, 0) is 26.0 Å². The second-order valence-electron chi connectivity index (χ2n) is 8.24. The van der Waals surface area contributed by atoms with Gasteiger partial charge in [-0.25, -0.2) is 13.2 Å². The van der Waals surface area contributed by atoms with Gasteiger partial charge in [0.15, 0.2) is 0 Å². The van der Waals surface area contributed by atoms with Gasteiger partial charge in [-0.05, 0) is 43.4 Å². The summed E-state index contributed by atoms with van der Waals surface area (Å²) in [7, 11) is -3.62. The van der Waals surface area contributed by atoms with Crippen LogP contribution in [0.4, 0.5) is 4.79 Å². The highest BCUT2D eigenvalue weighted by molar-refractivity contribution is 7.89. The lowest BCUT2D eigenvalue weighted by molar-refractivity contribution is -0.114. The fourth-order valence-electron chi connectivity index (χ4n) is 3.29. The first-order chi connectivity index (χ1) is 13.7. The minimum Gasteiger partial charge on any atom is -0.450 e. The molecule has 0 spiro atoms. The molecule has 0 atom stereocenters. The van der Waals surface area contributed by atoms with E-state index in [0.29, 0.717) is 39.0 Å². The molecule has 1 fully saturated rings. The van der Waals surface area contributed by atoms with E-state index in [4.69, 9.17) is 4.74 Å². The Morgan fingerprint density at radius 3 is 2.62 bits per heavy atom. The van der Waals surface area contributed by atoms with Crippen LogP contribution < -0.4 is 5.32 Å². The van der Waals surface area contributed by atoms with Gasteiger partial charge in [-0.3, -0.25) is 0 Å². The number of sulfonamides is 1. The lowest BCUT2D eigenvalue weighted by atomic mass is 9.87. The molecular weight excluding hydrogens is 392 g/mol. The Hall–Kier alpha value is -1.93. The van der Waals surface area contributed by atoms with Gasteiger partial charge in [0.1, 0.15) is 6.29 Å². The van der Waals surface area contributed by atoms with Crippen LogP contribution in [0.25, 0.3) is 0 Å². The number of alkyl carbamates (subject to hydrolysis) is 1. The lowest BCUT2D eigenvalue weighted by Crippen LogP contribution is -2.46. The molecule has 0 unspecified atom stereocenters. The Morgan fingerprint density at radius 1 is 1.31 bits per heavy atom. The molecule has 1 N–H and O–H groups in total.